The third-order valence-corrected chi connectivity index (χ3v) is 8.14. The summed E-state index contributed by atoms with van der Waals surface area (Å²) in [6.45, 7) is 10.6. The van der Waals surface area contributed by atoms with E-state index < -0.39 is 29.3 Å². The van der Waals surface area contributed by atoms with Gasteiger partial charge in [-0.1, -0.05) is 43.3 Å². The minimum absolute atomic E-state index is 0.0266. The van der Waals surface area contributed by atoms with E-state index in [0.29, 0.717) is 43.7 Å². The first-order chi connectivity index (χ1) is 19.9. The second-order valence-electron chi connectivity index (χ2n) is 12.8. The van der Waals surface area contributed by atoms with Crippen molar-refractivity contribution < 1.29 is 33.6 Å². The summed E-state index contributed by atoms with van der Waals surface area (Å²) in [5, 5.41) is 13.7. The highest BCUT2D eigenvalue weighted by Gasteiger charge is 2.49. The topological polar surface area (TPSA) is 107 Å². The first-order valence-electron chi connectivity index (χ1n) is 14.8. The minimum atomic E-state index is -0.964. The number of alkyl carbamates (subject to hydrolysis) is 1. The molecule has 2 aromatic carbocycles. The van der Waals surface area contributed by atoms with Crippen LogP contribution in [0.5, 0.6) is 11.5 Å². The quantitative estimate of drug-likeness (QED) is 0.366. The van der Waals surface area contributed by atoms with Crippen molar-refractivity contribution in [3.63, 3.8) is 0 Å². The van der Waals surface area contributed by atoms with Crippen LogP contribution in [0, 0.1) is 11.3 Å². The lowest BCUT2D eigenvalue weighted by atomic mass is 9.72. The van der Waals surface area contributed by atoms with Crippen LogP contribution in [0.3, 0.4) is 0 Å². The van der Waals surface area contributed by atoms with Gasteiger partial charge in [-0.3, -0.25) is 4.79 Å². The lowest BCUT2D eigenvalue weighted by Gasteiger charge is -2.34. The Morgan fingerprint density at radius 2 is 1.83 bits per heavy atom. The van der Waals surface area contributed by atoms with Crippen LogP contribution in [0.4, 0.5) is 4.79 Å². The molecule has 1 aliphatic heterocycles. The largest absolute Gasteiger partial charge is 0.493 e. The lowest BCUT2D eigenvalue weighted by molar-refractivity contribution is -0.134. The van der Waals surface area contributed by atoms with Gasteiger partial charge in [-0.15, -0.1) is 0 Å². The average molecular weight is 583 g/mol. The summed E-state index contributed by atoms with van der Waals surface area (Å²) in [4.78, 5) is 28.4. The SMILES string of the molecule is COc1ccc([C@@H]2CN(C(=O)[C@@H](COCc3ccccc3)NC(=O)OC(C)(C)C)C[C@]2(C)[C@@H](C)O)cc1OCC1CC1. The maximum atomic E-state index is 14.0. The Bertz CT molecular complexity index is 1210. The number of likely N-dealkylation sites (tertiary alicyclic amines) is 1. The van der Waals surface area contributed by atoms with E-state index in [-0.39, 0.29) is 18.4 Å². The van der Waals surface area contributed by atoms with Gasteiger partial charge in [-0.2, -0.15) is 0 Å². The van der Waals surface area contributed by atoms with Gasteiger partial charge in [0.05, 0.1) is 33.0 Å². The third kappa shape index (κ3) is 8.16. The number of carbonyl (C=O) groups is 2. The highest BCUT2D eigenvalue weighted by Crippen LogP contribution is 2.47. The molecule has 1 heterocycles. The number of rotatable bonds is 12. The predicted octanol–water partition coefficient (Wildman–Crippen LogP) is 4.91. The molecule has 9 heteroatoms. The second-order valence-corrected chi connectivity index (χ2v) is 12.8. The van der Waals surface area contributed by atoms with Gasteiger partial charge >= 0.3 is 6.09 Å². The van der Waals surface area contributed by atoms with Gasteiger partial charge in [-0.05, 0) is 69.7 Å². The molecule has 2 amide bonds. The normalized spacial score (nSPS) is 21.9. The van der Waals surface area contributed by atoms with E-state index in [4.69, 9.17) is 18.9 Å². The number of carbonyl (C=O) groups excluding carboxylic acids is 2. The van der Waals surface area contributed by atoms with E-state index in [1.54, 1.807) is 39.7 Å². The number of hydrogen-bond acceptors (Lipinski definition) is 7. The van der Waals surface area contributed by atoms with Gasteiger partial charge in [0.2, 0.25) is 5.91 Å². The van der Waals surface area contributed by atoms with E-state index in [1.165, 1.54) is 12.8 Å². The molecule has 4 rings (SSSR count). The van der Waals surface area contributed by atoms with E-state index in [9.17, 15) is 14.7 Å². The number of aliphatic hydroxyl groups excluding tert-OH is 1. The van der Waals surface area contributed by atoms with E-state index in [1.807, 2.05) is 55.5 Å². The zero-order chi connectivity index (χ0) is 30.5. The fourth-order valence-corrected chi connectivity index (χ4v) is 5.32. The van der Waals surface area contributed by atoms with Crippen molar-refractivity contribution in [2.45, 2.75) is 77.7 Å². The van der Waals surface area contributed by atoms with Gasteiger partial charge in [0.25, 0.3) is 0 Å². The molecule has 0 unspecified atom stereocenters. The summed E-state index contributed by atoms with van der Waals surface area (Å²) in [6, 6.07) is 14.5. The Morgan fingerprint density at radius 1 is 1.12 bits per heavy atom. The van der Waals surface area contributed by atoms with Crippen molar-refractivity contribution >= 4 is 12.0 Å². The molecule has 0 radical (unpaired) electrons. The number of amides is 2. The van der Waals surface area contributed by atoms with Crippen molar-refractivity contribution in [2.75, 3.05) is 33.4 Å². The lowest BCUT2D eigenvalue weighted by Crippen LogP contribution is -2.52. The number of methoxy groups -OCH3 is 1. The molecule has 2 aliphatic rings. The maximum Gasteiger partial charge on any atom is 0.408 e. The fourth-order valence-electron chi connectivity index (χ4n) is 5.32. The molecular weight excluding hydrogens is 536 g/mol. The van der Waals surface area contributed by atoms with Crippen molar-refractivity contribution in [1.29, 1.82) is 0 Å². The smallest absolute Gasteiger partial charge is 0.408 e. The Kier molecular flexibility index (Phi) is 10.0. The zero-order valence-electron chi connectivity index (χ0n) is 25.7. The molecule has 4 atom stereocenters. The van der Waals surface area contributed by atoms with Crippen molar-refractivity contribution in [3.05, 3.63) is 59.7 Å². The number of ether oxygens (including phenoxy) is 4. The molecule has 2 N–H and O–H groups in total. The Morgan fingerprint density at radius 3 is 2.45 bits per heavy atom. The second kappa shape index (κ2) is 13.3. The van der Waals surface area contributed by atoms with Crippen molar-refractivity contribution in [1.82, 2.24) is 10.2 Å². The number of aliphatic hydroxyl groups is 1. The third-order valence-electron chi connectivity index (χ3n) is 8.14. The fraction of sp³-hybridized carbons (Fsp3) is 0.576. The van der Waals surface area contributed by atoms with Gasteiger partial charge < -0.3 is 34.3 Å². The predicted molar refractivity (Wildman–Crippen MR) is 160 cm³/mol. The van der Waals surface area contributed by atoms with Crippen LogP contribution in [0.15, 0.2) is 48.5 Å². The summed E-state index contributed by atoms with van der Waals surface area (Å²) in [7, 11) is 1.62. The monoisotopic (exact) mass is 582 g/mol. The van der Waals surface area contributed by atoms with E-state index in [0.717, 1.165) is 11.1 Å². The van der Waals surface area contributed by atoms with Crippen LogP contribution in [0.1, 0.15) is 64.5 Å². The molecule has 0 aromatic heterocycles. The molecule has 9 nitrogen and oxygen atoms in total. The molecule has 0 bridgehead atoms. The van der Waals surface area contributed by atoms with Gasteiger partial charge in [0, 0.05) is 24.4 Å². The highest BCUT2D eigenvalue weighted by molar-refractivity contribution is 5.86. The number of nitrogens with zero attached hydrogens (tertiary/aromatic N) is 1. The summed E-state index contributed by atoms with van der Waals surface area (Å²) in [6.07, 6.45) is 0.959. The summed E-state index contributed by atoms with van der Waals surface area (Å²) in [5.74, 6) is 1.43. The van der Waals surface area contributed by atoms with E-state index >= 15 is 0 Å². The molecule has 1 aliphatic carbocycles. The minimum Gasteiger partial charge on any atom is -0.493 e. The molecule has 1 saturated carbocycles. The molecule has 230 valence electrons. The first kappa shape index (κ1) is 31.6. The molecule has 42 heavy (non-hydrogen) atoms. The Hall–Kier alpha value is -3.30. The van der Waals surface area contributed by atoms with Crippen molar-refractivity contribution in [3.8, 4) is 11.5 Å². The van der Waals surface area contributed by atoms with Crippen LogP contribution < -0.4 is 14.8 Å². The average Bonchev–Trinajstić information content (AvgIpc) is 3.70. The molecule has 2 fully saturated rings. The Balaban J connectivity index is 1.54. The van der Waals surface area contributed by atoms with Crippen molar-refractivity contribution in [2.24, 2.45) is 11.3 Å². The summed E-state index contributed by atoms with van der Waals surface area (Å²) < 4.78 is 23.0. The maximum absolute atomic E-state index is 14.0. The molecular formula is C33H46N2O7. The van der Waals surface area contributed by atoms with Crippen LogP contribution in [-0.2, 0) is 20.9 Å². The first-order valence-corrected chi connectivity index (χ1v) is 14.8. The van der Waals surface area contributed by atoms with Crippen LogP contribution >= 0.6 is 0 Å². The van der Waals surface area contributed by atoms with Gasteiger partial charge in [0.1, 0.15) is 11.6 Å². The summed E-state index contributed by atoms with van der Waals surface area (Å²) >= 11 is 0. The molecule has 1 saturated heterocycles. The van der Waals surface area contributed by atoms with E-state index in [2.05, 4.69) is 5.32 Å². The number of nitrogens with one attached hydrogen (secondary N) is 1. The standard InChI is InChI=1S/C33H46N2O7/c1-22(36)33(5)21-35(17-26(33)25-14-15-28(39-6)29(16-25)41-19-24-12-13-24)30(37)27(34-31(38)42-32(2,3)4)20-40-18-23-10-8-7-9-11-23/h7-11,14-16,22,24,26-27,36H,12-13,17-21H2,1-6H3,(H,34,38)/t22-,26+,27-,33-/m1/s1. The van der Waals surface area contributed by atoms with Gasteiger partial charge in [0.15, 0.2) is 11.5 Å². The zero-order valence-corrected chi connectivity index (χ0v) is 25.7. The van der Waals surface area contributed by atoms with Gasteiger partial charge in [-0.25, -0.2) is 4.79 Å². The number of hydrogen-bond donors (Lipinski definition) is 2. The van der Waals surface area contributed by atoms with Crippen LogP contribution in [-0.4, -0.2) is 73.2 Å². The molecule has 2 aromatic rings. The molecule has 0 spiro atoms. The highest BCUT2D eigenvalue weighted by atomic mass is 16.6. The van der Waals surface area contributed by atoms with Crippen LogP contribution in [0.2, 0.25) is 0 Å². The number of benzene rings is 2. The summed E-state index contributed by atoms with van der Waals surface area (Å²) in [5.41, 5.74) is 0.555. The Labute approximate surface area is 249 Å². The van der Waals surface area contributed by atoms with Crippen LogP contribution in [0.25, 0.3) is 0 Å².